The summed E-state index contributed by atoms with van der Waals surface area (Å²) < 4.78 is 7.08. The number of likely N-dealkylation sites (tertiary alicyclic amines) is 1. The number of hydrogen-bond acceptors (Lipinski definition) is 5. The van der Waals surface area contributed by atoms with E-state index in [0.717, 1.165) is 35.3 Å². The van der Waals surface area contributed by atoms with Crippen molar-refractivity contribution in [1.29, 1.82) is 0 Å². The Morgan fingerprint density at radius 1 is 1.06 bits per heavy atom. The first-order valence-electron chi connectivity index (χ1n) is 11.8. The van der Waals surface area contributed by atoms with Gasteiger partial charge in [0, 0.05) is 42.2 Å². The second-order valence-corrected chi connectivity index (χ2v) is 9.45. The predicted molar refractivity (Wildman–Crippen MR) is 126 cm³/mol. The minimum Gasteiger partial charge on any atom is -0.497 e. The molecule has 0 N–H and O–H groups in total. The molecule has 33 heavy (non-hydrogen) atoms. The van der Waals surface area contributed by atoms with Gasteiger partial charge in [-0.25, -0.2) is 9.67 Å². The van der Waals surface area contributed by atoms with Crippen LogP contribution in [0.15, 0.2) is 36.5 Å². The lowest BCUT2D eigenvalue weighted by Gasteiger charge is -2.31. The smallest absolute Gasteiger partial charge is 0.254 e. The number of aromatic nitrogens is 3. The monoisotopic (exact) mass is 446 g/mol. The number of piperidine rings is 1. The summed E-state index contributed by atoms with van der Waals surface area (Å²) in [6.45, 7) is 5.30. The number of ether oxygens (including phenoxy) is 1. The van der Waals surface area contributed by atoms with Crippen molar-refractivity contribution >= 4 is 22.7 Å². The number of rotatable bonds is 6. The molecule has 1 aromatic carbocycles. The molecule has 7 heteroatoms. The molecule has 1 saturated carbocycles. The average molecular weight is 447 g/mol. The molecule has 0 atom stereocenters. The summed E-state index contributed by atoms with van der Waals surface area (Å²) in [5.41, 5.74) is 3.18. The standard InChI is InChI=1S/C26H30N4O3/c1-16(2)30-25-22(15-27-30)21(14-23(28-25)17-4-5-17)26(32)29-12-10-19(11-13-29)24(31)18-6-8-20(33-3)9-7-18/h6-9,14-17,19H,4-5,10-13H2,1-3H3. The molecule has 3 heterocycles. The SMILES string of the molecule is COc1ccc(C(=O)C2CCN(C(=O)c3cc(C4CC4)nc4c3cnn4C(C)C)CC2)cc1. The van der Waals surface area contributed by atoms with E-state index < -0.39 is 0 Å². The van der Waals surface area contributed by atoms with Gasteiger partial charge in [0.2, 0.25) is 0 Å². The summed E-state index contributed by atoms with van der Waals surface area (Å²) in [5.74, 6) is 1.28. The van der Waals surface area contributed by atoms with Crippen LogP contribution in [0.4, 0.5) is 0 Å². The second kappa shape index (κ2) is 8.61. The first kappa shape index (κ1) is 21.6. The van der Waals surface area contributed by atoms with E-state index in [4.69, 9.17) is 9.72 Å². The Morgan fingerprint density at radius 3 is 2.36 bits per heavy atom. The van der Waals surface area contributed by atoms with Crippen molar-refractivity contribution in [2.45, 2.75) is 51.5 Å². The van der Waals surface area contributed by atoms with E-state index in [1.54, 1.807) is 13.3 Å². The van der Waals surface area contributed by atoms with E-state index in [-0.39, 0.29) is 23.7 Å². The quantitative estimate of drug-likeness (QED) is 0.516. The van der Waals surface area contributed by atoms with E-state index >= 15 is 0 Å². The Kier molecular flexibility index (Phi) is 5.64. The minimum atomic E-state index is -0.0642. The Bertz CT molecular complexity index is 1190. The van der Waals surface area contributed by atoms with Crippen LogP contribution in [-0.4, -0.2) is 51.6 Å². The molecular formula is C26H30N4O3. The van der Waals surface area contributed by atoms with E-state index in [0.29, 0.717) is 43.0 Å². The van der Waals surface area contributed by atoms with E-state index in [1.165, 1.54) is 0 Å². The molecule has 1 amide bonds. The lowest BCUT2D eigenvalue weighted by Crippen LogP contribution is -2.40. The highest BCUT2D eigenvalue weighted by molar-refractivity contribution is 6.06. The first-order chi connectivity index (χ1) is 16.0. The van der Waals surface area contributed by atoms with Gasteiger partial charge in [-0.2, -0.15) is 5.10 Å². The van der Waals surface area contributed by atoms with Crippen molar-refractivity contribution in [3.8, 4) is 5.75 Å². The fraction of sp³-hybridized carbons (Fsp3) is 0.462. The number of nitrogens with zero attached hydrogens (tertiary/aromatic N) is 4. The van der Waals surface area contributed by atoms with Gasteiger partial charge in [0.05, 0.1) is 24.3 Å². The van der Waals surface area contributed by atoms with Crippen LogP contribution in [0, 0.1) is 5.92 Å². The molecule has 2 aliphatic rings. The van der Waals surface area contributed by atoms with Gasteiger partial charge in [-0.15, -0.1) is 0 Å². The zero-order chi connectivity index (χ0) is 23.1. The summed E-state index contributed by atoms with van der Waals surface area (Å²) >= 11 is 0. The lowest BCUT2D eigenvalue weighted by atomic mass is 9.88. The molecule has 1 aliphatic carbocycles. The third-order valence-corrected chi connectivity index (χ3v) is 6.83. The predicted octanol–water partition coefficient (Wildman–Crippen LogP) is 4.63. The van der Waals surface area contributed by atoms with E-state index in [9.17, 15) is 9.59 Å². The van der Waals surface area contributed by atoms with E-state index in [1.807, 2.05) is 39.9 Å². The summed E-state index contributed by atoms with van der Waals surface area (Å²) in [7, 11) is 1.61. The minimum absolute atomic E-state index is 0.0166. The van der Waals surface area contributed by atoms with Crippen LogP contribution in [0.2, 0.25) is 0 Å². The summed E-state index contributed by atoms with van der Waals surface area (Å²) in [5, 5.41) is 5.33. The zero-order valence-electron chi connectivity index (χ0n) is 19.5. The third kappa shape index (κ3) is 4.12. The van der Waals surface area contributed by atoms with Crippen LogP contribution < -0.4 is 4.74 Å². The Hall–Kier alpha value is -3.22. The highest BCUT2D eigenvalue weighted by Gasteiger charge is 2.32. The normalized spacial score (nSPS) is 17.0. The molecule has 0 radical (unpaired) electrons. The number of ketones is 1. The number of fused-ring (bicyclic) bond motifs is 1. The average Bonchev–Trinajstić information content (AvgIpc) is 3.61. The summed E-state index contributed by atoms with van der Waals surface area (Å²) in [6, 6.07) is 9.41. The Labute approximate surface area is 193 Å². The van der Waals surface area contributed by atoms with Crippen molar-refractivity contribution in [2.75, 3.05) is 20.2 Å². The van der Waals surface area contributed by atoms with Crippen molar-refractivity contribution in [3.63, 3.8) is 0 Å². The first-order valence-corrected chi connectivity index (χ1v) is 11.8. The molecule has 2 fully saturated rings. The molecule has 1 aliphatic heterocycles. The maximum Gasteiger partial charge on any atom is 0.254 e. The van der Waals surface area contributed by atoms with Gasteiger partial charge in [0.15, 0.2) is 11.4 Å². The number of carbonyl (C=O) groups excluding carboxylic acids is 2. The highest BCUT2D eigenvalue weighted by atomic mass is 16.5. The molecule has 5 rings (SSSR count). The van der Waals surface area contributed by atoms with Crippen LogP contribution in [0.3, 0.4) is 0 Å². The number of pyridine rings is 1. The van der Waals surface area contributed by atoms with Gasteiger partial charge in [-0.3, -0.25) is 9.59 Å². The maximum atomic E-state index is 13.6. The Morgan fingerprint density at radius 2 is 1.76 bits per heavy atom. The van der Waals surface area contributed by atoms with Gasteiger partial charge in [-0.1, -0.05) is 0 Å². The van der Waals surface area contributed by atoms with Gasteiger partial charge in [-0.05, 0) is 69.9 Å². The fourth-order valence-corrected chi connectivity index (χ4v) is 4.69. The van der Waals surface area contributed by atoms with Crippen LogP contribution in [0.25, 0.3) is 11.0 Å². The molecule has 0 spiro atoms. The van der Waals surface area contributed by atoms with Crippen molar-refractivity contribution in [1.82, 2.24) is 19.7 Å². The molecule has 7 nitrogen and oxygen atoms in total. The largest absolute Gasteiger partial charge is 0.497 e. The van der Waals surface area contributed by atoms with Gasteiger partial charge >= 0.3 is 0 Å². The highest BCUT2D eigenvalue weighted by Crippen LogP contribution is 2.40. The zero-order valence-corrected chi connectivity index (χ0v) is 19.5. The molecule has 1 saturated heterocycles. The topological polar surface area (TPSA) is 77.3 Å². The van der Waals surface area contributed by atoms with Crippen molar-refractivity contribution in [3.05, 3.63) is 53.3 Å². The lowest BCUT2D eigenvalue weighted by molar-refractivity contribution is 0.0652. The fourth-order valence-electron chi connectivity index (χ4n) is 4.69. The molecule has 172 valence electrons. The molecule has 0 bridgehead atoms. The molecule has 2 aromatic heterocycles. The van der Waals surface area contributed by atoms with Gasteiger partial charge < -0.3 is 9.64 Å². The Balaban J connectivity index is 1.34. The molecule has 3 aromatic rings. The number of methoxy groups -OCH3 is 1. The van der Waals surface area contributed by atoms with Crippen LogP contribution in [0.1, 0.15) is 77.9 Å². The van der Waals surface area contributed by atoms with Crippen molar-refractivity contribution < 1.29 is 14.3 Å². The molecular weight excluding hydrogens is 416 g/mol. The van der Waals surface area contributed by atoms with Crippen LogP contribution in [0.5, 0.6) is 5.75 Å². The van der Waals surface area contributed by atoms with Crippen molar-refractivity contribution in [2.24, 2.45) is 5.92 Å². The third-order valence-electron chi connectivity index (χ3n) is 6.83. The van der Waals surface area contributed by atoms with E-state index in [2.05, 4.69) is 18.9 Å². The number of amides is 1. The van der Waals surface area contributed by atoms with Crippen LogP contribution in [-0.2, 0) is 0 Å². The number of benzene rings is 1. The summed E-state index contributed by atoms with van der Waals surface area (Å²) in [6.07, 6.45) is 5.37. The summed E-state index contributed by atoms with van der Waals surface area (Å²) in [4.78, 5) is 33.3. The van der Waals surface area contributed by atoms with Gasteiger partial charge in [0.25, 0.3) is 5.91 Å². The second-order valence-electron chi connectivity index (χ2n) is 9.45. The van der Waals surface area contributed by atoms with Crippen LogP contribution >= 0.6 is 0 Å². The maximum absolute atomic E-state index is 13.6. The number of carbonyl (C=O) groups is 2. The number of Topliss-reactive ketones (excluding diaryl/α,β-unsaturated/α-hetero) is 1. The van der Waals surface area contributed by atoms with Gasteiger partial charge in [0.1, 0.15) is 5.75 Å². The molecule has 0 unspecified atom stereocenters. The number of hydrogen-bond donors (Lipinski definition) is 0.